The molecule has 2 heterocycles. The highest BCUT2D eigenvalue weighted by Gasteiger charge is 2.26. The van der Waals surface area contributed by atoms with E-state index in [-0.39, 0.29) is 0 Å². The lowest BCUT2D eigenvalue weighted by atomic mass is 9.94. The van der Waals surface area contributed by atoms with Crippen molar-refractivity contribution in [2.75, 3.05) is 53.0 Å². The first-order valence-corrected chi connectivity index (χ1v) is 10.3. The lowest BCUT2D eigenvalue weighted by molar-refractivity contribution is 0.113. The summed E-state index contributed by atoms with van der Waals surface area (Å²) in [6.07, 6.45) is 3.83. The van der Waals surface area contributed by atoms with Gasteiger partial charge in [-0.15, -0.1) is 0 Å². The highest BCUT2D eigenvalue weighted by Crippen LogP contribution is 2.21. The molecule has 2 unspecified atom stereocenters. The summed E-state index contributed by atoms with van der Waals surface area (Å²) >= 11 is 0. The number of ether oxygens (including phenoxy) is 1. The third kappa shape index (κ3) is 6.45. The van der Waals surface area contributed by atoms with Crippen LogP contribution in [0, 0.1) is 17.8 Å². The number of guanidine groups is 1. The minimum Gasteiger partial charge on any atom is -0.381 e. The van der Waals surface area contributed by atoms with Crippen molar-refractivity contribution in [3.63, 3.8) is 0 Å². The van der Waals surface area contributed by atoms with Crippen LogP contribution >= 0.6 is 0 Å². The van der Waals surface area contributed by atoms with Crippen LogP contribution in [0.4, 0.5) is 0 Å². The first kappa shape index (κ1) is 20.5. The number of piperidine rings is 1. The Morgan fingerprint density at radius 2 is 2.00 bits per heavy atom. The summed E-state index contributed by atoms with van der Waals surface area (Å²) in [6, 6.07) is 0.546. The Bertz CT molecular complexity index is 399. The molecule has 0 aliphatic carbocycles. The number of likely N-dealkylation sites (tertiary alicyclic amines) is 1. The molecule has 146 valence electrons. The molecule has 2 fully saturated rings. The Labute approximate surface area is 155 Å². The summed E-state index contributed by atoms with van der Waals surface area (Å²) in [5.41, 5.74) is 0. The first-order chi connectivity index (χ1) is 12.0. The van der Waals surface area contributed by atoms with Crippen molar-refractivity contribution in [3.8, 4) is 0 Å². The van der Waals surface area contributed by atoms with E-state index < -0.39 is 0 Å². The highest BCUT2D eigenvalue weighted by atomic mass is 16.5. The second-order valence-corrected chi connectivity index (χ2v) is 8.33. The molecule has 2 saturated heterocycles. The van der Waals surface area contributed by atoms with Gasteiger partial charge in [-0.25, -0.2) is 0 Å². The van der Waals surface area contributed by atoms with Crippen LogP contribution in [0.3, 0.4) is 0 Å². The fourth-order valence-electron chi connectivity index (χ4n) is 3.96. The van der Waals surface area contributed by atoms with Gasteiger partial charge in [-0.2, -0.15) is 0 Å². The predicted octanol–water partition coefficient (Wildman–Crippen LogP) is 2.68. The SMILES string of the molecule is CCNC(=NCC(C(C)C)N1CCC(C)CC1)N(C)CC1CCOC1. The zero-order valence-corrected chi connectivity index (χ0v) is 17.1. The lowest BCUT2D eigenvalue weighted by Crippen LogP contribution is -2.47. The Kier molecular flexibility index (Phi) is 8.50. The van der Waals surface area contributed by atoms with E-state index in [4.69, 9.17) is 9.73 Å². The number of nitrogens with zero attached hydrogens (tertiary/aromatic N) is 3. The van der Waals surface area contributed by atoms with E-state index in [1.165, 1.54) is 32.4 Å². The van der Waals surface area contributed by atoms with E-state index in [0.29, 0.717) is 17.9 Å². The van der Waals surface area contributed by atoms with Crippen LogP contribution in [0.1, 0.15) is 47.0 Å². The summed E-state index contributed by atoms with van der Waals surface area (Å²) in [5.74, 6) is 3.20. The van der Waals surface area contributed by atoms with Gasteiger partial charge in [0.15, 0.2) is 5.96 Å². The molecule has 1 N–H and O–H groups in total. The van der Waals surface area contributed by atoms with Crippen LogP contribution in [-0.4, -0.2) is 74.8 Å². The second kappa shape index (κ2) is 10.4. The minimum absolute atomic E-state index is 0.546. The smallest absolute Gasteiger partial charge is 0.193 e. The van der Waals surface area contributed by atoms with Crippen LogP contribution < -0.4 is 5.32 Å². The zero-order valence-electron chi connectivity index (χ0n) is 17.1. The summed E-state index contributed by atoms with van der Waals surface area (Å²) in [6.45, 7) is 16.3. The first-order valence-electron chi connectivity index (χ1n) is 10.3. The van der Waals surface area contributed by atoms with Gasteiger partial charge in [0, 0.05) is 38.7 Å². The van der Waals surface area contributed by atoms with Gasteiger partial charge in [-0.3, -0.25) is 9.89 Å². The number of rotatable bonds is 7. The molecule has 0 bridgehead atoms. The molecule has 25 heavy (non-hydrogen) atoms. The van der Waals surface area contributed by atoms with Gasteiger partial charge in [0.25, 0.3) is 0 Å². The summed E-state index contributed by atoms with van der Waals surface area (Å²) < 4.78 is 5.52. The minimum atomic E-state index is 0.546. The third-order valence-corrected chi connectivity index (χ3v) is 5.74. The molecule has 2 atom stereocenters. The predicted molar refractivity (Wildman–Crippen MR) is 106 cm³/mol. The van der Waals surface area contributed by atoms with Gasteiger partial charge >= 0.3 is 0 Å². The van der Waals surface area contributed by atoms with Crippen LogP contribution in [-0.2, 0) is 4.74 Å². The maximum atomic E-state index is 5.52. The Morgan fingerprint density at radius 1 is 1.28 bits per heavy atom. The maximum Gasteiger partial charge on any atom is 0.193 e. The molecule has 5 nitrogen and oxygen atoms in total. The van der Waals surface area contributed by atoms with Gasteiger partial charge in [-0.1, -0.05) is 20.8 Å². The second-order valence-electron chi connectivity index (χ2n) is 8.33. The number of hydrogen-bond acceptors (Lipinski definition) is 3. The van der Waals surface area contributed by atoms with Gasteiger partial charge in [0.2, 0.25) is 0 Å². The Balaban J connectivity index is 1.95. The molecule has 0 spiro atoms. The van der Waals surface area contributed by atoms with E-state index in [0.717, 1.165) is 44.7 Å². The summed E-state index contributed by atoms with van der Waals surface area (Å²) in [7, 11) is 2.16. The van der Waals surface area contributed by atoms with Crippen LogP contribution in [0.2, 0.25) is 0 Å². The monoisotopic (exact) mass is 352 g/mol. The quantitative estimate of drug-likeness (QED) is 0.565. The van der Waals surface area contributed by atoms with Crippen molar-refractivity contribution in [3.05, 3.63) is 0 Å². The number of nitrogens with one attached hydrogen (secondary N) is 1. The van der Waals surface area contributed by atoms with Gasteiger partial charge in [-0.05, 0) is 51.1 Å². The molecule has 0 aromatic heterocycles. The summed E-state index contributed by atoms with van der Waals surface area (Å²) in [4.78, 5) is 9.98. The molecule has 0 saturated carbocycles. The molecule has 2 aliphatic rings. The molecule has 0 radical (unpaired) electrons. The highest BCUT2D eigenvalue weighted by molar-refractivity contribution is 5.79. The van der Waals surface area contributed by atoms with Crippen LogP contribution in [0.5, 0.6) is 0 Å². The molecule has 0 aromatic rings. The fraction of sp³-hybridized carbons (Fsp3) is 0.950. The van der Waals surface area contributed by atoms with Crippen molar-refractivity contribution >= 4 is 5.96 Å². The molecule has 5 heteroatoms. The van der Waals surface area contributed by atoms with Crippen molar-refractivity contribution < 1.29 is 4.74 Å². The lowest BCUT2D eigenvalue weighted by Gasteiger charge is -2.38. The van der Waals surface area contributed by atoms with Crippen LogP contribution in [0.15, 0.2) is 4.99 Å². The molecule has 2 rings (SSSR count). The molecule has 2 aliphatic heterocycles. The number of aliphatic imine (C=N–C) groups is 1. The van der Waals surface area contributed by atoms with Gasteiger partial charge in [0.1, 0.15) is 0 Å². The van der Waals surface area contributed by atoms with Gasteiger partial charge in [0.05, 0.1) is 13.2 Å². The molecular formula is C20H40N4O. The van der Waals surface area contributed by atoms with Gasteiger partial charge < -0.3 is 15.0 Å². The molecule has 0 aromatic carbocycles. The largest absolute Gasteiger partial charge is 0.381 e. The van der Waals surface area contributed by atoms with E-state index in [1.54, 1.807) is 0 Å². The van der Waals surface area contributed by atoms with E-state index in [2.05, 4.69) is 49.9 Å². The molecule has 0 amide bonds. The van der Waals surface area contributed by atoms with Crippen molar-refractivity contribution in [1.29, 1.82) is 0 Å². The Morgan fingerprint density at radius 3 is 2.56 bits per heavy atom. The normalized spacial score (nSPS) is 24.7. The van der Waals surface area contributed by atoms with E-state index in [1.807, 2.05) is 0 Å². The third-order valence-electron chi connectivity index (χ3n) is 5.74. The van der Waals surface area contributed by atoms with Crippen LogP contribution in [0.25, 0.3) is 0 Å². The average molecular weight is 353 g/mol. The van der Waals surface area contributed by atoms with Crippen molar-refractivity contribution in [2.24, 2.45) is 22.7 Å². The molecular weight excluding hydrogens is 312 g/mol. The van der Waals surface area contributed by atoms with E-state index >= 15 is 0 Å². The fourth-order valence-corrected chi connectivity index (χ4v) is 3.96. The summed E-state index contributed by atoms with van der Waals surface area (Å²) in [5, 5.41) is 3.48. The topological polar surface area (TPSA) is 40.1 Å². The maximum absolute atomic E-state index is 5.52. The zero-order chi connectivity index (χ0) is 18.2. The van der Waals surface area contributed by atoms with Crippen molar-refractivity contribution in [2.45, 2.75) is 53.0 Å². The number of hydrogen-bond donors (Lipinski definition) is 1. The standard InChI is InChI=1S/C20H40N4O/c1-6-21-20(23(5)14-18-9-12-25-15-18)22-13-19(16(2)3)24-10-7-17(4)8-11-24/h16-19H,6-15H2,1-5H3,(H,21,22). The Hall–Kier alpha value is -0.810. The van der Waals surface area contributed by atoms with E-state index in [9.17, 15) is 0 Å². The van der Waals surface area contributed by atoms with Crippen molar-refractivity contribution in [1.82, 2.24) is 15.1 Å². The average Bonchev–Trinajstić information content (AvgIpc) is 3.08.